The van der Waals surface area contributed by atoms with Crippen molar-refractivity contribution in [3.63, 3.8) is 0 Å². The van der Waals surface area contributed by atoms with Crippen LogP contribution in [0.5, 0.6) is 0 Å². The van der Waals surface area contributed by atoms with Crippen LogP contribution in [-0.2, 0) is 0 Å². The number of hydrogen-bond acceptors (Lipinski definition) is 1. The molecule has 0 saturated carbocycles. The first-order chi connectivity index (χ1) is 4.41. The van der Waals surface area contributed by atoms with Crippen molar-refractivity contribution in [1.82, 2.24) is 0 Å². The molecular formula is C8H14S. The highest BCUT2D eigenvalue weighted by molar-refractivity contribution is 7.79. The van der Waals surface area contributed by atoms with Gasteiger partial charge in [0.2, 0.25) is 0 Å². The van der Waals surface area contributed by atoms with Gasteiger partial charge in [0.15, 0.2) is 0 Å². The molecule has 0 heterocycles. The second kappa shape index (κ2) is 7.83. The maximum Gasteiger partial charge on any atom is 0.00103 e. The molecule has 0 rings (SSSR count). The molecule has 52 valence electrons. The van der Waals surface area contributed by atoms with E-state index in [0.717, 1.165) is 0 Å². The van der Waals surface area contributed by atoms with Crippen molar-refractivity contribution in [3.8, 4) is 0 Å². The molecule has 0 aromatic heterocycles. The van der Waals surface area contributed by atoms with Gasteiger partial charge < -0.3 is 0 Å². The predicted octanol–water partition coefficient (Wildman–Crippen LogP) is 3.12. The van der Waals surface area contributed by atoms with Gasteiger partial charge in [-0.05, 0) is 12.8 Å². The van der Waals surface area contributed by atoms with Crippen molar-refractivity contribution in [2.75, 3.05) is 0 Å². The summed E-state index contributed by atoms with van der Waals surface area (Å²) in [5.41, 5.74) is 0. The van der Waals surface area contributed by atoms with Crippen LogP contribution in [0.25, 0.3) is 0 Å². The van der Waals surface area contributed by atoms with E-state index in [4.69, 9.17) is 0 Å². The van der Waals surface area contributed by atoms with Crippen molar-refractivity contribution in [3.05, 3.63) is 12.2 Å². The number of allylic oxidation sites excluding steroid dienone is 2. The van der Waals surface area contributed by atoms with Crippen LogP contribution in [0.4, 0.5) is 0 Å². The lowest BCUT2D eigenvalue weighted by atomic mass is 10.2. The van der Waals surface area contributed by atoms with Gasteiger partial charge in [0.1, 0.15) is 0 Å². The molecule has 0 N–H and O–H groups in total. The molecule has 0 saturated heterocycles. The molecule has 0 fully saturated rings. The molecule has 0 aliphatic heterocycles. The third kappa shape index (κ3) is 7.83. The number of unbranched alkanes of at least 4 members (excludes halogenated alkanes) is 3. The van der Waals surface area contributed by atoms with Crippen LogP contribution >= 0.6 is 12.2 Å². The van der Waals surface area contributed by atoms with Crippen LogP contribution < -0.4 is 0 Å². The lowest BCUT2D eigenvalue weighted by Crippen LogP contribution is -1.70. The normalized spacial score (nSPS) is 10.3. The molecule has 0 radical (unpaired) electrons. The Hall–Kier alpha value is -0.170. The summed E-state index contributed by atoms with van der Waals surface area (Å²) in [7, 11) is 0. The fourth-order valence-corrected chi connectivity index (χ4v) is 0.775. The molecule has 0 aromatic rings. The Bertz CT molecular complexity index is 84.6. The summed E-state index contributed by atoms with van der Waals surface area (Å²) in [6.07, 6.45) is 9.18. The zero-order valence-electron chi connectivity index (χ0n) is 5.97. The van der Waals surface area contributed by atoms with E-state index in [-0.39, 0.29) is 0 Å². The largest absolute Gasteiger partial charge is 0.0887 e. The van der Waals surface area contributed by atoms with Crippen LogP contribution in [0.15, 0.2) is 12.2 Å². The zero-order valence-corrected chi connectivity index (χ0v) is 6.79. The van der Waals surface area contributed by atoms with Crippen molar-refractivity contribution in [2.24, 2.45) is 0 Å². The van der Waals surface area contributed by atoms with E-state index in [2.05, 4.69) is 25.2 Å². The minimum absolute atomic E-state index is 1.18. The molecule has 0 spiro atoms. The van der Waals surface area contributed by atoms with E-state index in [0.29, 0.717) is 0 Å². The quantitative estimate of drug-likeness (QED) is 0.323. The summed E-state index contributed by atoms with van der Waals surface area (Å²) in [5, 5.41) is 1.66. The van der Waals surface area contributed by atoms with Gasteiger partial charge in [-0.1, -0.05) is 44.1 Å². The summed E-state index contributed by atoms with van der Waals surface area (Å²) in [6, 6.07) is 0. The predicted molar refractivity (Wildman–Crippen MR) is 46.9 cm³/mol. The van der Waals surface area contributed by atoms with Crippen molar-refractivity contribution >= 4 is 17.6 Å². The molecule has 1 heteroatoms. The van der Waals surface area contributed by atoms with E-state index >= 15 is 0 Å². The Labute approximate surface area is 63.0 Å². The maximum absolute atomic E-state index is 4.62. The molecule has 0 aliphatic carbocycles. The van der Waals surface area contributed by atoms with Crippen LogP contribution in [0, 0.1) is 0 Å². The zero-order chi connectivity index (χ0) is 6.95. The summed E-state index contributed by atoms with van der Waals surface area (Å²) in [5.74, 6) is 0. The first-order valence-electron chi connectivity index (χ1n) is 3.52. The first-order valence-corrected chi connectivity index (χ1v) is 3.99. The summed E-state index contributed by atoms with van der Waals surface area (Å²) >= 11 is 4.62. The molecule has 0 bridgehead atoms. The van der Waals surface area contributed by atoms with Crippen molar-refractivity contribution < 1.29 is 0 Å². The molecule has 0 aromatic carbocycles. The third-order valence-electron chi connectivity index (χ3n) is 1.19. The number of rotatable bonds is 5. The molecule has 9 heavy (non-hydrogen) atoms. The molecular weight excluding hydrogens is 128 g/mol. The number of hydrogen-bond donors (Lipinski definition) is 0. The van der Waals surface area contributed by atoms with E-state index in [1.165, 1.54) is 25.7 Å². The standard InChI is InChI=1S/C8H14S/c1-2-3-4-5-6-7-8-9/h6-8H,2-5H2,1H3. The minimum atomic E-state index is 1.18. The smallest absolute Gasteiger partial charge is 0.00103 e. The van der Waals surface area contributed by atoms with Gasteiger partial charge in [-0.25, -0.2) is 0 Å². The Morgan fingerprint density at radius 3 is 2.67 bits per heavy atom. The van der Waals surface area contributed by atoms with Gasteiger partial charge in [0.05, 0.1) is 0 Å². The lowest BCUT2D eigenvalue weighted by molar-refractivity contribution is 0.729. The highest BCUT2D eigenvalue weighted by atomic mass is 32.1. The second-order valence-corrected chi connectivity index (χ2v) is 2.33. The average molecular weight is 142 g/mol. The number of thiocarbonyl (C=S) groups is 1. The van der Waals surface area contributed by atoms with E-state index in [9.17, 15) is 0 Å². The van der Waals surface area contributed by atoms with Gasteiger partial charge in [0.25, 0.3) is 0 Å². The fraction of sp³-hybridized carbons (Fsp3) is 0.625. The summed E-state index contributed by atoms with van der Waals surface area (Å²) in [4.78, 5) is 0. The Morgan fingerprint density at radius 2 is 2.11 bits per heavy atom. The third-order valence-corrected chi connectivity index (χ3v) is 1.35. The SMILES string of the molecule is CCCCCC=CC=S. The van der Waals surface area contributed by atoms with Crippen LogP contribution in [0.2, 0.25) is 0 Å². The molecule has 0 nitrogen and oxygen atoms in total. The van der Waals surface area contributed by atoms with Crippen LogP contribution in [0.1, 0.15) is 32.6 Å². The molecule has 0 aliphatic rings. The van der Waals surface area contributed by atoms with Gasteiger partial charge in [-0.3, -0.25) is 0 Å². The molecule has 0 amide bonds. The van der Waals surface area contributed by atoms with Gasteiger partial charge >= 0.3 is 0 Å². The summed E-state index contributed by atoms with van der Waals surface area (Å²) < 4.78 is 0. The first kappa shape index (κ1) is 8.83. The second-order valence-electron chi connectivity index (χ2n) is 2.06. The molecule has 0 unspecified atom stereocenters. The topological polar surface area (TPSA) is 0 Å². The highest BCUT2D eigenvalue weighted by Crippen LogP contribution is 1.98. The van der Waals surface area contributed by atoms with E-state index in [1.807, 2.05) is 6.08 Å². The fourth-order valence-electron chi connectivity index (χ4n) is 0.664. The highest BCUT2D eigenvalue weighted by Gasteiger charge is 1.79. The van der Waals surface area contributed by atoms with Crippen molar-refractivity contribution in [2.45, 2.75) is 32.6 Å². The monoisotopic (exact) mass is 142 g/mol. The van der Waals surface area contributed by atoms with Crippen molar-refractivity contribution in [1.29, 1.82) is 0 Å². The Morgan fingerprint density at radius 1 is 1.33 bits per heavy atom. The van der Waals surface area contributed by atoms with Crippen LogP contribution in [-0.4, -0.2) is 5.37 Å². The molecule has 0 atom stereocenters. The summed E-state index contributed by atoms with van der Waals surface area (Å²) in [6.45, 7) is 2.21. The Kier molecular flexibility index (Phi) is 7.68. The average Bonchev–Trinajstić information content (AvgIpc) is 1.89. The lowest BCUT2D eigenvalue weighted by Gasteiger charge is -1.88. The van der Waals surface area contributed by atoms with Gasteiger partial charge in [-0.2, -0.15) is 0 Å². The van der Waals surface area contributed by atoms with Gasteiger partial charge in [0, 0.05) is 5.37 Å². The minimum Gasteiger partial charge on any atom is -0.0887 e. The Balaban J connectivity index is 2.90. The van der Waals surface area contributed by atoms with Crippen LogP contribution in [0.3, 0.4) is 0 Å². The maximum atomic E-state index is 4.62. The van der Waals surface area contributed by atoms with E-state index < -0.39 is 0 Å². The van der Waals surface area contributed by atoms with Gasteiger partial charge in [-0.15, -0.1) is 0 Å². The van der Waals surface area contributed by atoms with E-state index in [1.54, 1.807) is 5.37 Å².